The van der Waals surface area contributed by atoms with Gasteiger partial charge in [-0.25, -0.2) is 4.79 Å². The Morgan fingerprint density at radius 2 is 1.79 bits per heavy atom. The summed E-state index contributed by atoms with van der Waals surface area (Å²) in [5.74, 6) is 0.988. The van der Waals surface area contributed by atoms with E-state index in [0.29, 0.717) is 11.6 Å². The van der Waals surface area contributed by atoms with E-state index in [2.05, 4.69) is 5.32 Å². The molecule has 1 aliphatic heterocycles. The highest BCUT2D eigenvalue weighted by atomic mass is 32.2. The Hall–Kier alpha value is -0.910. The molecular formula is C13H24N2O3S. The fraction of sp³-hybridized carbons (Fsp3) is 0.846. The SMILES string of the molecule is CC(C)(C)NC(=O)[C@@H]1CSCN1C(=O)OC(C)(C)C. The number of thioether (sulfide) groups is 1. The largest absolute Gasteiger partial charge is 0.444 e. The van der Waals surface area contributed by atoms with Gasteiger partial charge in [0.25, 0.3) is 0 Å². The van der Waals surface area contributed by atoms with Crippen LogP contribution in [0.5, 0.6) is 0 Å². The van der Waals surface area contributed by atoms with Gasteiger partial charge in [-0.05, 0) is 41.5 Å². The highest BCUT2D eigenvalue weighted by molar-refractivity contribution is 7.99. The number of amides is 2. The summed E-state index contributed by atoms with van der Waals surface area (Å²) >= 11 is 1.56. The molecule has 1 N–H and O–H groups in total. The van der Waals surface area contributed by atoms with Crippen LogP contribution in [0.2, 0.25) is 0 Å². The van der Waals surface area contributed by atoms with Crippen molar-refractivity contribution in [1.29, 1.82) is 0 Å². The van der Waals surface area contributed by atoms with Gasteiger partial charge in [-0.2, -0.15) is 0 Å². The molecule has 1 saturated heterocycles. The van der Waals surface area contributed by atoms with E-state index < -0.39 is 17.7 Å². The molecule has 1 aliphatic rings. The number of hydrogen-bond donors (Lipinski definition) is 1. The summed E-state index contributed by atoms with van der Waals surface area (Å²) in [6.45, 7) is 11.2. The van der Waals surface area contributed by atoms with Gasteiger partial charge in [0.05, 0.1) is 5.88 Å². The van der Waals surface area contributed by atoms with Gasteiger partial charge in [-0.15, -0.1) is 11.8 Å². The second-order valence-electron chi connectivity index (χ2n) is 6.71. The third-order valence-corrected chi connectivity index (χ3v) is 3.32. The van der Waals surface area contributed by atoms with Crippen molar-refractivity contribution in [2.75, 3.05) is 11.6 Å². The van der Waals surface area contributed by atoms with Crippen molar-refractivity contribution in [3.63, 3.8) is 0 Å². The Labute approximate surface area is 119 Å². The predicted molar refractivity (Wildman–Crippen MR) is 77.1 cm³/mol. The van der Waals surface area contributed by atoms with Gasteiger partial charge in [0.2, 0.25) is 5.91 Å². The van der Waals surface area contributed by atoms with E-state index in [0.717, 1.165) is 0 Å². The number of nitrogens with zero attached hydrogens (tertiary/aromatic N) is 1. The number of carbonyl (C=O) groups excluding carboxylic acids is 2. The number of hydrogen-bond acceptors (Lipinski definition) is 4. The van der Waals surface area contributed by atoms with Crippen molar-refractivity contribution < 1.29 is 14.3 Å². The molecule has 0 aliphatic carbocycles. The standard InChI is InChI=1S/C13H24N2O3S/c1-12(2,3)14-10(16)9-7-19-8-15(9)11(17)18-13(4,5)6/h9H,7-8H2,1-6H3,(H,14,16)/t9-/m0/s1. The lowest BCUT2D eigenvalue weighted by atomic mass is 10.1. The summed E-state index contributed by atoms with van der Waals surface area (Å²) in [4.78, 5) is 25.7. The molecule has 5 nitrogen and oxygen atoms in total. The van der Waals surface area contributed by atoms with E-state index in [1.807, 2.05) is 41.5 Å². The lowest BCUT2D eigenvalue weighted by molar-refractivity contribution is -0.126. The molecule has 1 atom stereocenters. The van der Waals surface area contributed by atoms with Crippen LogP contribution in [0.3, 0.4) is 0 Å². The Morgan fingerprint density at radius 1 is 1.21 bits per heavy atom. The summed E-state index contributed by atoms with van der Waals surface area (Å²) < 4.78 is 5.33. The minimum atomic E-state index is -0.546. The quantitative estimate of drug-likeness (QED) is 0.803. The maximum absolute atomic E-state index is 12.2. The molecular weight excluding hydrogens is 264 g/mol. The molecule has 1 heterocycles. The fourth-order valence-electron chi connectivity index (χ4n) is 1.61. The van der Waals surface area contributed by atoms with Crippen LogP contribution >= 0.6 is 11.8 Å². The summed E-state index contributed by atoms with van der Waals surface area (Å²) in [5, 5.41) is 2.91. The Morgan fingerprint density at radius 3 is 2.26 bits per heavy atom. The normalized spacial score (nSPS) is 20.3. The highest BCUT2D eigenvalue weighted by Crippen LogP contribution is 2.24. The van der Waals surface area contributed by atoms with Crippen LogP contribution in [0.1, 0.15) is 41.5 Å². The van der Waals surface area contributed by atoms with Crippen molar-refractivity contribution >= 4 is 23.8 Å². The van der Waals surface area contributed by atoms with E-state index >= 15 is 0 Å². The minimum absolute atomic E-state index is 0.122. The van der Waals surface area contributed by atoms with E-state index in [1.165, 1.54) is 4.90 Å². The lowest BCUT2D eigenvalue weighted by Crippen LogP contribution is -2.53. The van der Waals surface area contributed by atoms with Crippen LogP contribution in [-0.2, 0) is 9.53 Å². The molecule has 0 saturated carbocycles. The molecule has 0 spiro atoms. The number of carbonyl (C=O) groups is 2. The molecule has 0 aromatic carbocycles. The fourth-order valence-corrected chi connectivity index (χ4v) is 2.76. The van der Waals surface area contributed by atoms with E-state index in [9.17, 15) is 9.59 Å². The van der Waals surface area contributed by atoms with Crippen molar-refractivity contribution in [3.05, 3.63) is 0 Å². The molecule has 0 bridgehead atoms. The number of nitrogens with one attached hydrogen (secondary N) is 1. The molecule has 19 heavy (non-hydrogen) atoms. The Bertz CT molecular complexity index is 324. The average Bonchev–Trinajstić information content (AvgIpc) is 2.59. The smallest absolute Gasteiger partial charge is 0.411 e. The van der Waals surface area contributed by atoms with Gasteiger partial charge in [0, 0.05) is 11.3 Å². The summed E-state index contributed by atoms with van der Waals surface area (Å²) in [6.07, 6.45) is -0.424. The molecule has 0 unspecified atom stereocenters. The summed E-state index contributed by atoms with van der Waals surface area (Å²) in [7, 11) is 0. The van der Waals surface area contributed by atoms with Crippen LogP contribution in [0, 0.1) is 0 Å². The molecule has 1 fully saturated rings. The molecule has 0 aromatic rings. The minimum Gasteiger partial charge on any atom is -0.444 e. The van der Waals surface area contributed by atoms with Crippen LogP contribution in [0.4, 0.5) is 4.79 Å². The number of ether oxygens (including phenoxy) is 1. The molecule has 0 aromatic heterocycles. The molecule has 2 amide bonds. The molecule has 1 rings (SSSR count). The van der Waals surface area contributed by atoms with Gasteiger partial charge in [-0.3, -0.25) is 9.69 Å². The average molecular weight is 288 g/mol. The maximum Gasteiger partial charge on any atom is 0.411 e. The van der Waals surface area contributed by atoms with Crippen LogP contribution in [0.25, 0.3) is 0 Å². The zero-order chi connectivity index (χ0) is 14.8. The molecule has 6 heteroatoms. The van der Waals surface area contributed by atoms with Crippen molar-refractivity contribution in [1.82, 2.24) is 10.2 Å². The van der Waals surface area contributed by atoms with Gasteiger partial charge in [-0.1, -0.05) is 0 Å². The first-order chi connectivity index (χ1) is 8.49. The van der Waals surface area contributed by atoms with Crippen LogP contribution in [-0.4, -0.2) is 45.7 Å². The van der Waals surface area contributed by atoms with Crippen LogP contribution in [0.15, 0.2) is 0 Å². The maximum atomic E-state index is 12.2. The zero-order valence-electron chi connectivity index (χ0n) is 12.6. The third-order valence-electron chi connectivity index (χ3n) is 2.31. The van der Waals surface area contributed by atoms with Gasteiger partial charge in [0.1, 0.15) is 11.6 Å². The lowest BCUT2D eigenvalue weighted by Gasteiger charge is -2.29. The first-order valence-corrected chi connectivity index (χ1v) is 7.54. The predicted octanol–water partition coefficient (Wildman–Crippen LogP) is 2.21. The first-order valence-electron chi connectivity index (χ1n) is 6.39. The van der Waals surface area contributed by atoms with Crippen molar-refractivity contribution in [2.45, 2.75) is 58.7 Å². The number of rotatable bonds is 1. The van der Waals surface area contributed by atoms with Crippen molar-refractivity contribution in [3.8, 4) is 0 Å². The van der Waals surface area contributed by atoms with Crippen LogP contribution < -0.4 is 5.32 Å². The topological polar surface area (TPSA) is 58.6 Å². The second-order valence-corrected chi connectivity index (χ2v) is 7.70. The monoisotopic (exact) mass is 288 g/mol. The van der Waals surface area contributed by atoms with Crippen molar-refractivity contribution in [2.24, 2.45) is 0 Å². The summed E-state index contributed by atoms with van der Waals surface area (Å²) in [6, 6.07) is -0.445. The van der Waals surface area contributed by atoms with E-state index in [1.54, 1.807) is 11.8 Å². The highest BCUT2D eigenvalue weighted by Gasteiger charge is 2.38. The zero-order valence-corrected chi connectivity index (χ0v) is 13.4. The first kappa shape index (κ1) is 16.1. The van der Waals surface area contributed by atoms with E-state index in [-0.39, 0.29) is 11.4 Å². The molecule has 0 radical (unpaired) electrons. The summed E-state index contributed by atoms with van der Waals surface area (Å²) in [5.41, 5.74) is -0.848. The van der Waals surface area contributed by atoms with Gasteiger partial charge in [0.15, 0.2) is 0 Å². The second kappa shape index (κ2) is 5.61. The van der Waals surface area contributed by atoms with E-state index in [4.69, 9.17) is 4.74 Å². The Balaban J connectivity index is 2.69. The molecule has 110 valence electrons. The third kappa shape index (κ3) is 5.30. The van der Waals surface area contributed by atoms with Gasteiger partial charge >= 0.3 is 6.09 Å². The Kier molecular flexibility index (Phi) is 4.76. The van der Waals surface area contributed by atoms with Gasteiger partial charge < -0.3 is 10.1 Å².